The predicted octanol–water partition coefficient (Wildman–Crippen LogP) is -0.0146. The van der Waals surface area contributed by atoms with Crippen molar-refractivity contribution in [3.63, 3.8) is 0 Å². The number of ketones is 2. The zero-order valence-electron chi connectivity index (χ0n) is 13.9. The molecule has 2 aromatic rings. The summed E-state index contributed by atoms with van der Waals surface area (Å²) in [6.45, 7) is -0.554. The first-order chi connectivity index (χ1) is 12.9. The molecule has 1 fully saturated rings. The number of hydrogen-bond acceptors (Lipinski definition) is 8. The molecule has 4 atom stereocenters. The lowest BCUT2D eigenvalue weighted by atomic mass is 9.83. The van der Waals surface area contributed by atoms with E-state index in [1.165, 1.54) is 24.3 Å². The molecule has 2 aromatic carbocycles. The molecule has 27 heavy (non-hydrogen) atoms. The van der Waals surface area contributed by atoms with Crippen molar-refractivity contribution in [2.24, 2.45) is 0 Å². The van der Waals surface area contributed by atoms with E-state index in [0.29, 0.717) is 0 Å². The number of aromatic hydroxyl groups is 1. The largest absolute Gasteiger partial charge is 0.504 e. The topological polar surface area (TPSA) is 134 Å². The van der Waals surface area contributed by atoms with Gasteiger partial charge in [-0.1, -0.05) is 24.3 Å². The maximum atomic E-state index is 12.9. The molecule has 0 spiro atoms. The number of benzene rings is 2. The maximum Gasteiger partial charge on any atom is 0.229 e. The lowest BCUT2D eigenvalue weighted by Crippen LogP contribution is -2.36. The monoisotopic (exact) mass is 372 g/mol. The quantitative estimate of drug-likeness (QED) is 0.504. The van der Waals surface area contributed by atoms with E-state index in [9.17, 15) is 30.0 Å². The first-order valence-corrected chi connectivity index (χ1v) is 8.27. The van der Waals surface area contributed by atoms with Gasteiger partial charge in [0.1, 0.15) is 18.3 Å². The van der Waals surface area contributed by atoms with E-state index in [0.717, 1.165) is 0 Å². The minimum absolute atomic E-state index is 0.0539. The zero-order chi connectivity index (χ0) is 19.3. The Morgan fingerprint density at radius 1 is 0.926 bits per heavy atom. The van der Waals surface area contributed by atoms with Crippen LogP contribution >= 0.6 is 0 Å². The van der Waals surface area contributed by atoms with Crippen LogP contribution in [0.25, 0.3) is 0 Å². The molecule has 0 unspecified atom stereocenters. The van der Waals surface area contributed by atoms with Crippen LogP contribution in [0.15, 0.2) is 36.4 Å². The Balaban J connectivity index is 1.78. The van der Waals surface area contributed by atoms with Crippen molar-refractivity contribution in [3.05, 3.63) is 58.7 Å². The normalized spacial score (nSPS) is 26.6. The first-order valence-electron chi connectivity index (χ1n) is 8.27. The van der Waals surface area contributed by atoms with Crippen LogP contribution in [0.2, 0.25) is 0 Å². The molecule has 8 heteroatoms. The number of phenolic OH excluding ortho intramolecular Hbond substituents is 1. The summed E-state index contributed by atoms with van der Waals surface area (Å²) in [4.78, 5) is 25.7. The standard InChI is InChI=1S/C19H16O8/c20-7-12-16(24)17(25)19(26-12)27-18-11(21)6-5-10-13(18)15(23)9-4-2-1-3-8(9)14(10)22/h1-6,12,16-17,19-21,24-25H,7H2/t12-,16-,17-,19+/m1/s1. The fourth-order valence-electron chi connectivity index (χ4n) is 3.34. The smallest absolute Gasteiger partial charge is 0.229 e. The summed E-state index contributed by atoms with van der Waals surface area (Å²) < 4.78 is 10.7. The summed E-state index contributed by atoms with van der Waals surface area (Å²) in [5.74, 6) is -1.66. The third-order valence-electron chi connectivity index (χ3n) is 4.76. The summed E-state index contributed by atoms with van der Waals surface area (Å²) in [5.41, 5.74) is 0.334. The molecule has 0 saturated carbocycles. The van der Waals surface area contributed by atoms with Crippen LogP contribution in [0, 0.1) is 0 Å². The maximum absolute atomic E-state index is 12.9. The van der Waals surface area contributed by atoms with Gasteiger partial charge in [-0.2, -0.15) is 0 Å². The fraction of sp³-hybridized carbons (Fsp3) is 0.263. The Morgan fingerprint density at radius 3 is 2.22 bits per heavy atom. The zero-order valence-corrected chi connectivity index (χ0v) is 13.9. The predicted molar refractivity (Wildman–Crippen MR) is 89.8 cm³/mol. The number of phenols is 1. The van der Waals surface area contributed by atoms with Gasteiger partial charge in [0.25, 0.3) is 0 Å². The first kappa shape index (κ1) is 17.6. The van der Waals surface area contributed by atoms with Crippen molar-refractivity contribution in [1.82, 2.24) is 0 Å². The second-order valence-corrected chi connectivity index (χ2v) is 6.36. The second-order valence-electron chi connectivity index (χ2n) is 6.36. The van der Waals surface area contributed by atoms with Crippen LogP contribution in [0.5, 0.6) is 11.5 Å². The van der Waals surface area contributed by atoms with Gasteiger partial charge in [-0.3, -0.25) is 9.59 Å². The number of fused-ring (bicyclic) bond motifs is 2. The molecule has 2 aliphatic rings. The van der Waals surface area contributed by atoms with Gasteiger partial charge in [-0.05, 0) is 12.1 Å². The fourth-order valence-corrected chi connectivity index (χ4v) is 3.34. The molecule has 140 valence electrons. The molecule has 1 aliphatic carbocycles. The van der Waals surface area contributed by atoms with Crippen LogP contribution in [-0.4, -0.2) is 63.2 Å². The lowest BCUT2D eigenvalue weighted by Gasteiger charge is -2.23. The van der Waals surface area contributed by atoms with E-state index in [2.05, 4.69) is 0 Å². The van der Waals surface area contributed by atoms with Gasteiger partial charge in [-0.25, -0.2) is 0 Å². The Labute approximate surface area is 153 Å². The Bertz CT molecular complexity index is 937. The highest BCUT2D eigenvalue weighted by Gasteiger charge is 2.45. The number of carbonyl (C=O) groups excluding carboxylic acids is 2. The van der Waals surface area contributed by atoms with Gasteiger partial charge < -0.3 is 29.9 Å². The van der Waals surface area contributed by atoms with E-state index in [1.54, 1.807) is 12.1 Å². The minimum atomic E-state index is -1.51. The molecule has 4 rings (SSSR count). The van der Waals surface area contributed by atoms with Gasteiger partial charge in [0, 0.05) is 16.7 Å². The summed E-state index contributed by atoms with van der Waals surface area (Å²) in [6, 6.07) is 8.83. The molecule has 0 radical (unpaired) electrons. The van der Waals surface area contributed by atoms with Crippen LogP contribution in [0.3, 0.4) is 0 Å². The summed E-state index contributed by atoms with van der Waals surface area (Å²) in [7, 11) is 0. The van der Waals surface area contributed by atoms with Gasteiger partial charge in [-0.15, -0.1) is 0 Å². The summed E-state index contributed by atoms with van der Waals surface area (Å²) >= 11 is 0. The third-order valence-corrected chi connectivity index (χ3v) is 4.76. The van der Waals surface area contributed by atoms with Crippen LogP contribution in [0.4, 0.5) is 0 Å². The average Bonchev–Trinajstić information content (AvgIpc) is 2.95. The van der Waals surface area contributed by atoms with Crippen LogP contribution in [0.1, 0.15) is 31.8 Å². The molecule has 8 nitrogen and oxygen atoms in total. The van der Waals surface area contributed by atoms with E-state index in [1.807, 2.05) is 0 Å². The Morgan fingerprint density at radius 2 is 1.59 bits per heavy atom. The van der Waals surface area contributed by atoms with Crippen molar-refractivity contribution in [2.45, 2.75) is 24.6 Å². The molecular formula is C19H16O8. The van der Waals surface area contributed by atoms with Crippen molar-refractivity contribution in [3.8, 4) is 11.5 Å². The molecule has 0 bridgehead atoms. The van der Waals surface area contributed by atoms with Crippen molar-refractivity contribution in [2.75, 3.05) is 6.61 Å². The van der Waals surface area contributed by atoms with E-state index in [4.69, 9.17) is 9.47 Å². The molecule has 4 N–H and O–H groups in total. The molecule has 1 heterocycles. The van der Waals surface area contributed by atoms with E-state index >= 15 is 0 Å². The molecule has 0 amide bonds. The Hall–Kier alpha value is -2.78. The highest BCUT2D eigenvalue weighted by atomic mass is 16.7. The van der Waals surface area contributed by atoms with Gasteiger partial charge >= 0.3 is 0 Å². The van der Waals surface area contributed by atoms with Crippen molar-refractivity contribution in [1.29, 1.82) is 0 Å². The highest BCUT2D eigenvalue weighted by Crippen LogP contribution is 2.40. The molecular weight excluding hydrogens is 356 g/mol. The summed E-state index contributed by atoms with van der Waals surface area (Å²) in [5, 5.41) is 39.3. The molecule has 0 aromatic heterocycles. The SMILES string of the molecule is O=C1c2ccccc2C(=O)c2c1ccc(O)c2O[C@@H]1O[C@H](CO)[C@@H](O)[C@H]1O. The number of rotatable bonds is 3. The number of ether oxygens (including phenoxy) is 2. The highest BCUT2D eigenvalue weighted by molar-refractivity contribution is 6.29. The van der Waals surface area contributed by atoms with E-state index < -0.39 is 48.5 Å². The molecule has 1 aliphatic heterocycles. The number of hydrogen-bond donors (Lipinski definition) is 4. The van der Waals surface area contributed by atoms with E-state index in [-0.39, 0.29) is 28.0 Å². The lowest BCUT2D eigenvalue weighted by molar-refractivity contribution is -0.117. The van der Waals surface area contributed by atoms with Gasteiger partial charge in [0.2, 0.25) is 6.29 Å². The number of carbonyl (C=O) groups is 2. The number of aliphatic hydroxyl groups excluding tert-OH is 3. The Kier molecular flexibility index (Phi) is 4.20. The van der Waals surface area contributed by atoms with Crippen LogP contribution < -0.4 is 4.74 Å². The third kappa shape index (κ3) is 2.62. The van der Waals surface area contributed by atoms with Crippen LogP contribution in [-0.2, 0) is 4.74 Å². The number of aliphatic hydroxyl groups is 3. The summed E-state index contributed by atoms with van der Waals surface area (Å²) in [6.07, 6.45) is -5.43. The minimum Gasteiger partial charge on any atom is -0.504 e. The molecule has 1 saturated heterocycles. The average molecular weight is 372 g/mol. The van der Waals surface area contributed by atoms with Gasteiger partial charge in [0.15, 0.2) is 23.1 Å². The second kappa shape index (κ2) is 6.43. The van der Waals surface area contributed by atoms with Crippen molar-refractivity contribution >= 4 is 11.6 Å². The van der Waals surface area contributed by atoms with Crippen molar-refractivity contribution < 1.29 is 39.5 Å². The van der Waals surface area contributed by atoms with Gasteiger partial charge in [0.05, 0.1) is 12.2 Å².